The summed E-state index contributed by atoms with van der Waals surface area (Å²) in [4.78, 5) is 11.3. The normalized spacial score (nSPS) is 13.6. The second-order valence-electron chi connectivity index (χ2n) is 4.02. The molecule has 0 radical (unpaired) electrons. The van der Waals surface area contributed by atoms with Gasteiger partial charge in [-0.3, -0.25) is 4.79 Å². The van der Waals surface area contributed by atoms with E-state index in [-0.39, 0.29) is 16.2 Å². The van der Waals surface area contributed by atoms with Gasteiger partial charge in [-0.05, 0) is 15.9 Å². The number of carbonyl (C=O) groups excluding carboxylic acids is 1. The Balaban J connectivity index is 2.99. The number of nitrogens with zero attached hydrogens (tertiary/aromatic N) is 4. The Morgan fingerprint density at radius 1 is 1.58 bits per heavy atom. The summed E-state index contributed by atoms with van der Waals surface area (Å²) in [6, 6.07) is 0. The van der Waals surface area contributed by atoms with Crippen LogP contribution in [-0.4, -0.2) is 54.4 Å². The summed E-state index contributed by atoms with van der Waals surface area (Å²) in [5.74, 6) is -1.03. The maximum absolute atomic E-state index is 12.3. The van der Waals surface area contributed by atoms with Crippen LogP contribution >= 0.6 is 15.9 Å². The molecule has 0 bridgehead atoms. The van der Waals surface area contributed by atoms with E-state index in [9.17, 15) is 13.2 Å². The highest BCUT2D eigenvalue weighted by Crippen LogP contribution is 2.21. The molecular formula is C9H15BrN4O4S. The third-order valence-electron chi connectivity index (χ3n) is 2.53. The van der Waals surface area contributed by atoms with Crippen LogP contribution in [-0.2, 0) is 26.6 Å². The number of rotatable bonds is 5. The number of esters is 1. The van der Waals surface area contributed by atoms with E-state index in [0.717, 1.165) is 8.99 Å². The molecule has 1 atom stereocenters. The molecule has 0 aliphatic heterocycles. The number of sulfonamides is 1. The second kappa shape index (κ2) is 5.97. The van der Waals surface area contributed by atoms with Gasteiger partial charge in [-0.15, -0.1) is 5.10 Å². The Morgan fingerprint density at radius 3 is 2.58 bits per heavy atom. The van der Waals surface area contributed by atoms with Crippen molar-refractivity contribution in [3.8, 4) is 0 Å². The third-order valence-corrected chi connectivity index (χ3v) is 5.24. The van der Waals surface area contributed by atoms with Crippen LogP contribution in [0.25, 0.3) is 0 Å². The SMILES string of the molecule is COC(=O)C(C)CN(C)S(=O)(=O)c1c(Br)nnn1C. The molecule has 0 aromatic carbocycles. The number of carbonyl (C=O) groups is 1. The maximum Gasteiger partial charge on any atom is 0.309 e. The van der Waals surface area contributed by atoms with E-state index < -0.39 is 21.9 Å². The molecule has 0 spiro atoms. The Morgan fingerprint density at radius 2 is 2.16 bits per heavy atom. The van der Waals surface area contributed by atoms with Gasteiger partial charge in [-0.25, -0.2) is 13.1 Å². The standard InChI is InChI=1S/C9H15BrN4O4S/c1-6(9(15)18-4)5-13(2)19(16,17)8-7(10)11-12-14(8)3/h6H,5H2,1-4H3. The molecular weight excluding hydrogens is 340 g/mol. The zero-order valence-corrected chi connectivity index (χ0v) is 13.4. The fourth-order valence-corrected chi connectivity index (χ4v) is 3.78. The lowest BCUT2D eigenvalue weighted by Crippen LogP contribution is -2.35. The smallest absolute Gasteiger partial charge is 0.309 e. The van der Waals surface area contributed by atoms with Crippen LogP contribution in [0.1, 0.15) is 6.92 Å². The predicted molar refractivity (Wildman–Crippen MR) is 69.7 cm³/mol. The molecule has 1 aromatic rings. The molecule has 1 heterocycles. The Kier molecular flexibility index (Phi) is 5.04. The minimum Gasteiger partial charge on any atom is -0.469 e. The summed E-state index contributed by atoms with van der Waals surface area (Å²) in [7, 11) is 0.339. The number of hydrogen-bond donors (Lipinski definition) is 0. The molecule has 1 rings (SSSR count). The lowest BCUT2D eigenvalue weighted by Gasteiger charge is -2.19. The molecule has 0 fully saturated rings. The van der Waals surface area contributed by atoms with E-state index in [1.807, 2.05) is 0 Å². The Hall–Kier alpha value is -1.00. The van der Waals surface area contributed by atoms with Crippen molar-refractivity contribution in [2.24, 2.45) is 13.0 Å². The molecule has 1 unspecified atom stereocenters. The van der Waals surface area contributed by atoms with Gasteiger partial charge in [-0.2, -0.15) is 4.31 Å². The van der Waals surface area contributed by atoms with Crippen molar-refractivity contribution in [3.63, 3.8) is 0 Å². The van der Waals surface area contributed by atoms with Crippen LogP contribution in [0.15, 0.2) is 9.63 Å². The van der Waals surface area contributed by atoms with Crippen molar-refractivity contribution in [3.05, 3.63) is 4.60 Å². The molecule has 8 nitrogen and oxygen atoms in total. The third kappa shape index (κ3) is 3.31. The van der Waals surface area contributed by atoms with Crippen molar-refractivity contribution in [1.82, 2.24) is 19.3 Å². The van der Waals surface area contributed by atoms with Crippen LogP contribution in [0.5, 0.6) is 0 Å². The first-order chi connectivity index (χ1) is 8.71. The van der Waals surface area contributed by atoms with Gasteiger partial charge in [0, 0.05) is 20.6 Å². The number of aromatic nitrogens is 3. The summed E-state index contributed by atoms with van der Waals surface area (Å²) < 4.78 is 31.6. The largest absolute Gasteiger partial charge is 0.469 e. The molecule has 0 N–H and O–H groups in total. The van der Waals surface area contributed by atoms with E-state index in [0.29, 0.717) is 0 Å². The maximum atomic E-state index is 12.3. The number of hydrogen-bond acceptors (Lipinski definition) is 6. The second-order valence-corrected chi connectivity index (χ2v) is 6.73. The fraction of sp³-hybridized carbons (Fsp3) is 0.667. The highest BCUT2D eigenvalue weighted by atomic mass is 79.9. The molecule has 10 heteroatoms. The van der Waals surface area contributed by atoms with E-state index in [4.69, 9.17) is 0 Å². The number of aryl methyl sites for hydroxylation is 1. The number of ether oxygens (including phenoxy) is 1. The van der Waals surface area contributed by atoms with Gasteiger partial charge in [0.15, 0.2) is 4.60 Å². The van der Waals surface area contributed by atoms with Crippen LogP contribution in [0.3, 0.4) is 0 Å². The zero-order valence-electron chi connectivity index (χ0n) is 11.0. The van der Waals surface area contributed by atoms with Crippen molar-refractivity contribution in [1.29, 1.82) is 0 Å². The predicted octanol–water partition coefficient (Wildman–Crippen LogP) is 0.00720. The van der Waals surface area contributed by atoms with E-state index in [1.54, 1.807) is 6.92 Å². The van der Waals surface area contributed by atoms with Gasteiger partial charge >= 0.3 is 5.97 Å². The van der Waals surface area contributed by atoms with Crippen LogP contribution in [0.4, 0.5) is 0 Å². The van der Waals surface area contributed by atoms with Gasteiger partial charge in [0.1, 0.15) is 0 Å². The van der Waals surface area contributed by atoms with Crippen molar-refractivity contribution in [2.45, 2.75) is 11.9 Å². The molecule has 0 aliphatic rings. The van der Waals surface area contributed by atoms with Gasteiger partial charge in [-0.1, -0.05) is 12.1 Å². The average Bonchev–Trinajstić information content (AvgIpc) is 2.68. The molecule has 0 saturated heterocycles. The lowest BCUT2D eigenvalue weighted by molar-refractivity contribution is -0.144. The molecule has 0 saturated carbocycles. The van der Waals surface area contributed by atoms with Crippen LogP contribution in [0, 0.1) is 5.92 Å². The van der Waals surface area contributed by atoms with Gasteiger partial charge in [0.25, 0.3) is 10.0 Å². The summed E-state index contributed by atoms with van der Waals surface area (Å²) in [5, 5.41) is 7.18. The quantitative estimate of drug-likeness (QED) is 0.691. The van der Waals surface area contributed by atoms with E-state index >= 15 is 0 Å². The Bertz CT molecular complexity index is 551. The van der Waals surface area contributed by atoms with Gasteiger partial charge in [0.05, 0.1) is 13.0 Å². The summed E-state index contributed by atoms with van der Waals surface area (Å²) >= 11 is 3.04. The highest BCUT2D eigenvalue weighted by molar-refractivity contribution is 9.10. The zero-order chi connectivity index (χ0) is 14.8. The van der Waals surface area contributed by atoms with Crippen LogP contribution in [0.2, 0.25) is 0 Å². The first kappa shape index (κ1) is 16.1. The van der Waals surface area contributed by atoms with Gasteiger partial charge in [0.2, 0.25) is 5.03 Å². The van der Waals surface area contributed by atoms with Crippen molar-refractivity contribution < 1.29 is 17.9 Å². The number of halogens is 1. The first-order valence-electron chi connectivity index (χ1n) is 5.31. The van der Waals surface area contributed by atoms with Crippen molar-refractivity contribution >= 4 is 31.9 Å². The topological polar surface area (TPSA) is 94.4 Å². The highest BCUT2D eigenvalue weighted by Gasteiger charge is 2.30. The minimum atomic E-state index is -3.78. The monoisotopic (exact) mass is 354 g/mol. The average molecular weight is 355 g/mol. The van der Waals surface area contributed by atoms with Crippen molar-refractivity contribution in [2.75, 3.05) is 20.7 Å². The molecule has 108 valence electrons. The molecule has 0 amide bonds. The molecule has 0 aliphatic carbocycles. The Labute approximate surface area is 119 Å². The summed E-state index contributed by atoms with van der Waals surface area (Å²) in [6.07, 6.45) is 0. The fourth-order valence-electron chi connectivity index (χ4n) is 1.50. The summed E-state index contributed by atoms with van der Waals surface area (Å²) in [5.41, 5.74) is 0. The molecule has 1 aromatic heterocycles. The summed E-state index contributed by atoms with van der Waals surface area (Å²) in [6.45, 7) is 1.60. The van der Waals surface area contributed by atoms with Gasteiger partial charge < -0.3 is 4.74 Å². The lowest BCUT2D eigenvalue weighted by atomic mass is 10.2. The van der Waals surface area contributed by atoms with E-state index in [1.165, 1.54) is 21.2 Å². The first-order valence-corrected chi connectivity index (χ1v) is 7.54. The molecule has 19 heavy (non-hydrogen) atoms. The number of methoxy groups -OCH3 is 1. The minimum absolute atomic E-state index is 0.00657. The van der Waals surface area contributed by atoms with E-state index in [2.05, 4.69) is 31.0 Å². The van der Waals surface area contributed by atoms with Crippen LogP contribution < -0.4 is 0 Å².